The highest BCUT2D eigenvalue weighted by Gasteiger charge is 2.24. The molecular weight excluding hydrogens is 392 g/mol. The summed E-state index contributed by atoms with van der Waals surface area (Å²) in [4.78, 5) is 39.0. The molecule has 4 heterocycles. The number of hydrogen-bond donors (Lipinski definition) is 3. The maximum atomic E-state index is 12.2. The molecule has 1 aromatic carbocycles. The van der Waals surface area contributed by atoms with Gasteiger partial charge in [-0.3, -0.25) is 9.59 Å². The average Bonchev–Trinajstić information content (AvgIpc) is 3.20. The zero-order valence-electron chi connectivity index (χ0n) is 17.8. The van der Waals surface area contributed by atoms with Gasteiger partial charge in [0.1, 0.15) is 11.3 Å². The molecule has 2 aliphatic heterocycles. The Morgan fingerprint density at radius 2 is 2.13 bits per heavy atom. The molecule has 1 fully saturated rings. The molecule has 3 aromatic rings. The number of benzene rings is 1. The van der Waals surface area contributed by atoms with Crippen molar-refractivity contribution in [1.82, 2.24) is 25.2 Å². The fourth-order valence-corrected chi connectivity index (χ4v) is 4.53. The molecule has 0 saturated carbocycles. The van der Waals surface area contributed by atoms with Crippen LogP contribution in [-0.2, 0) is 11.2 Å². The summed E-state index contributed by atoms with van der Waals surface area (Å²) in [5.41, 5.74) is 5.88. The van der Waals surface area contributed by atoms with Crippen molar-refractivity contribution in [3.8, 4) is 11.3 Å². The molecule has 2 aromatic heterocycles. The summed E-state index contributed by atoms with van der Waals surface area (Å²) in [6.45, 7) is 5.70. The Labute approximate surface area is 180 Å². The van der Waals surface area contributed by atoms with E-state index >= 15 is 0 Å². The Kier molecular flexibility index (Phi) is 4.84. The molecule has 1 atom stereocenters. The number of fused-ring (bicyclic) bond motifs is 2. The third-order valence-electron chi connectivity index (χ3n) is 6.17. The fourth-order valence-electron chi connectivity index (χ4n) is 4.53. The fraction of sp³-hybridized carbons (Fsp3) is 0.391. The van der Waals surface area contributed by atoms with Crippen LogP contribution in [0, 0.1) is 6.92 Å². The number of aromatic amines is 1. The van der Waals surface area contributed by atoms with E-state index in [1.165, 1.54) is 0 Å². The number of nitrogens with zero attached hydrogens (tertiary/aromatic N) is 3. The van der Waals surface area contributed by atoms with Crippen LogP contribution in [0.3, 0.4) is 0 Å². The van der Waals surface area contributed by atoms with Crippen LogP contribution in [0.4, 0.5) is 5.82 Å². The van der Waals surface area contributed by atoms with Crippen LogP contribution in [0.15, 0.2) is 24.3 Å². The molecule has 0 unspecified atom stereocenters. The standard InChI is InChI=1S/C23H26N6O2/c1-13-22(26-15-5-4-10-29(12-15)14(2)30)28-21-16(6-3-7-19(21)25-13)20-11-17-18(27-20)8-9-24-23(17)31/h3,6-7,11,15,27H,4-5,8-10,12H2,1-2H3,(H,24,31)(H,26,28)/t15-/m0/s1. The lowest BCUT2D eigenvalue weighted by atomic mass is 10.1. The maximum absolute atomic E-state index is 12.2. The van der Waals surface area contributed by atoms with Gasteiger partial charge in [-0.15, -0.1) is 0 Å². The van der Waals surface area contributed by atoms with Crippen LogP contribution in [-0.4, -0.2) is 57.3 Å². The molecule has 2 amide bonds. The molecule has 31 heavy (non-hydrogen) atoms. The number of nitrogens with one attached hydrogen (secondary N) is 3. The van der Waals surface area contributed by atoms with Crippen molar-refractivity contribution in [3.05, 3.63) is 41.2 Å². The summed E-state index contributed by atoms with van der Waals surface area (Å²) in [6, 6.07) is 7.97. The number of likely N-dealkylation sites (tertiary alicyclic amines) is 1. The molecule has 1 saturated heterocycles. The number of amides is 2. The third kappa shape index (κ3) is 3.62. The van der Waals surface area contributed by atoms with Crippen molar-refractivity contribution in [1.29, 1.82) is 0 Å². The molecule has 5 rings (SSSR count). The number of aromatic nitrogens is 3. The lowest BCUT2D eigenvalue weighted by molar-refractivity contribution is -0.129. The number of rotatable bonds is 3. The smallest absolute Gasteiger partial charge is 0.253 e. The van der Waals surface area contributed by atoms with E-state index in [9.17, 15) is 9.59 Å². The Morgan fingerprint density at radius 3 is 2.94 bits per heavy atom. The SMILES string of the molecule is CC(=O)N1CCC[C@H](Nc2nc3c(-c4cc5c([nH]4)CCNC5=O)cccc3nc2C)C1. The highest BCUT2D eigenvalue weighted by molar-refractivity contribution is 5.99. The summed E-state index contributed by atoms with van der Waals surface area (Å²) in [7, 11) is 0. The first-order chi connectivity index (χ1) is 15.0. The normalized spacial score (nSPS) is 18.6. The van der Waals surface area contributed by atoms with Crippen LogP contribution in [0.25, 0.3) is 22.3 Å². The molecule has 0 aliphatic carbocycles. The first-order valence-electron chi connectivity index (χ1n) is 10.8. The first-order valence-corrected chi connectivity index (χ1v) is 10.8. The predicted octanol–water partition coefficient (Wildman–Crippen LogP) is 2.64. The van der Waals surface area contributed by atoms with Crippen LogP contribution in [0.5, 0.6) is 0 Å². The molecule has 0 bridgehead atoms. The number of aryl methyl sites for hydroxylation is 1. The Hall–Kier alpha value is -3.42. The lowest BCUT2D eigenvalue weighted by Crippen LogP contribution is -2.44. The summed E-state index contributed by atoms with van der Waals surface area (Å²) < 4.78 is 0. The quantitative estimate of drug-likeness (QED) is 0.607. The minimum absolute atomic E-state index is 0.0411. The Bertz CT molecular complexity index is 1180. The highest BCUT2D eigenvalue weighted by Crippen LogP contribution is 2.30. The first kappa shape index (κ1) is 19.5. The van der Waals surface area contributed by atoms with Crippen molar-refractivity contribution in [3.63, 3.8) is 0 Å². The van der Waals surface area contributed by atoms with Gasteiger partial charge < -0.3 is 20.5 Å². The van der Waals surface area contributed by atoms with Gasteiger partial charge in [-0.25, -0.2) is 9.97 Å². The van der Waals surface area contributed by atoms with Gasteiger partial charge in [-0.2, -0.15) is 0 Å². The second-order valence-corrected chi connectivity index (χ2v) is 8.36. The van der Waals surface area contributed by atoms with E-state index in [1.807, 2.05) is 36.1 Å². The second kappa shape index (κ2) is 7.68. The number of hydrogen-bond acceptors (Lipinski definition) is 5. The van der Waals surface area contributed by atoms with Crippen molar-refractivity contribution < 1.29 is 9.59 Å². The lowest BCUT2D eigenvalue weighted by Gasteiger charge is -2.33. The molecule has 3 N–H and O–H groups in total. The minimum atomic E-state index is -0.0411. The van der Waals surface area contributed by atoms with Crippen LogP contribution in [0.2, 0.25) is 0 Å². The minimum Gasteiger partial charge on any atom is -0.364 e. The zero-order valence-corrected chi connectivity index (χ0v) is 17.8. The number of para-hydroxylation sites is 1. The van der Waals surface area contributed by atoms with Crippen molar-refractivity contribution in [2.45, 2.75) is 39.2 Å². The summed E-state index contributed by atoms with van der Waals surface area (Å²) in [5.74, 6) is 0.805. The van der Waals surface area contributed by atoms with Gasteiger partial charge in [0.2, 0.25) is 5.91 Å². The molecule has 160 valence electrons. The average molecular weight is 419 g/mol. The summed E-state index contributed by atoms with van der Waals surface area (Å²) in [5, 5.41) is 6.41. The van der Waals surface area contributed by atoms with E-state index in [-0.39, 0.29) is 17.9 Å². The van der Waals surface area contributed by atoms with E-state index in [1.54, 1.807) is 6.92 Å². The predicted molar refractivity (Wildman–Crippen MR) is 119 cm³/mol. The molecule has 0 spiro atoms. The van der Waals surface area contributed by atoms with Crippen molar-refractivity contribution in [2.75, 3.05) is 25.0 Å². The van der Waals surface area contributed by atoms with Gasteiger partial charge in [0.25, 0.3) is 5.91 Å². The molecule has 8 nitrogen and oxygen atoms in total. The van der Waals surface area contributed by atoms with Crippen LogP contribution in [0.1, 0.15) is 41.5 Å². The van der Waals surface area contributed by atoms with Crippen molar-refractivity contribution in [2.24, 2.45) is 0 Å². The zero-order chi connectivity index (χ0) is 21.5. The van der Waals surface area contributed by atoms with E-state index in [4.69, 9.17) is 9.97 Å². The molecular formula is C23H26N6O2. The van der Waals surface area contributed by atoms with Gasteiger partial charge >= 0.3 is 0 Å². The van der Waals surface area contributed by atoms with Gasteiger partial charge in [0.15, 0.2) is 0 Å². The highest BCUT2D eigenvalue weighted by atomic mass is 16.2. The Balaban J connectivity index is 1.51. The van der Waals surface area contributed by atoms with E-state index in [2.05, 4.69) is 15.6 Å². The number of carbonyl (C=O) groups is 2. The number of anilines is 1. The van der Waals surface area contributed by atoms with Crippen molar-refractivity contribution >= 4 is 28.7 Å². The van der Waals surface area contributed by atoms with Gasteiger partial charge in [-0.05, 0) is 31.9 Å². The summed E-state index contributed by atoms with van der Waals surface area (Å²) >= 11 is 0. The number of carbonyl (C=O) groups excluding carboxylic acids is 2. The van der Waals surface area contributed by atoms with E-state index < -0.39 is 0 Å². The molecule has 2 aliphatic rings. The van der Waals surface area contributed by atoms with Gasteiger partial charge in [0, 0.05) is 56.0 Å². The second-order valence-electron chi connectivity index (χ2n) is 8.36. The van der Waals surface area contributed by atoms with Crippen LogP contribution < -0.4 is 10.6 Å². The monoisotopic (exact) mass is 418 g/mol. The van der Waals surface area contributed by atoms with Crippen LogP contribution >= 0.6 is 0 Å². The molecule has 8 heteroatoms. The third-order valence-corrected chi connectivity index (χ3v) is 6.17. The topological polar surface area (TPSA) is 103 Å². The maximum Gasteiger partial charge on any atom is 0.253 e. The summed E-state index contributed by atoms with van der Waals surface area (Å²) in [6.07, 6.45) is 2.75. The van der Waals surface area contributed by atoms with Gasteiger partial charge in [0.05, 0.1) is 16.8 Å². The Morgan fingerprint density at radius 1 is 1.26 bits per heavy atom. The molecule has 0 radical (unpaired) electrons. The van der Waals surface area contributed by atoms with Gasteiger partial charge in [-0.1, -0.05) is 12.1 Å². The number of piperidine rings is 1. The van der Waals surface area contributed by atoms with E-state index in [0.29, 0.717) is 18.7 Å². The van der Waals surface area contributed by atoms with E-state index in [0.717, 1.165) is 65.3 Å². The largest absolute Gasteiger partial charge is 0.364 e. The number of H-pyrrole nitrogens is 1.